The van der Waals surface area contributed by atoms with Crippen molar-refractivity contribution in [2.24, 2.45) is 5.92 Å². The van der Waals surface area contributed by atoms with Gasteiger partial charge in [-0.2, -0.15) is 0 Å². The number of halogens is 1. The minimum Gasteiger partial charge on any atom is -0.376 e. The molecule has 1 saturated carbocycles. The number of ether oxygens (including phenoxy) is 1. The molecule has 2 unspecified atom stereocenters. The molecule has 1 N–H and O–H groups in total. The van der Waals surface area contributed by atoms with E-state index in [1.807, 2.05) is 12.1 Å². The molecule has 2 atom stereocenters. The smallest absolute Gasteiger partial charge is 0.220 e. The van der Waals surface area contributed by atoms with E-state index in [4.69, 9.17) is 4.74 Å². The van der Waals surface area contributed by atoms with Crippen molar-refractivity contribution in [1.82, 2.24) is 5.32 Å². The predicted octanol–water partition coefficient (Wildman–Crippen LogP) is 4.95. The molecule has 0 spiro atoms. The Hall–Kier alpha value is -1.42. The highest BCUT2D eigenvalue weighted by Crippen LogP contribution is 2.40. The molecule has 0 bridgehead atoms. The zero-order chi connectivity index (χ0) is 18.6. The monoisotopic (exact) mass is 361 g/mol. The second-order valence-electron chi connectivity index (χ2n) is 8.63. The lowest BCUT2D eigenvalue weighted by Gasteiger charge is -2.39. The van der Waals surface area contributed by atoms with E-state index in [2.05, 4.69) is 19.2 Å². The summed E-state index contributed by atoms with van der Waals surface area (Å²) in [6, 6.07) is 7.03. The van der Waals surface area contributed by atoms with Gasteiger partial charge in [-0.1, -0.05) is 31.4 Å². The Morgan fingerprint density at radius 1 is 1.19 bits per heavy atom. The fourth-order valence-corrected chi connectivity index (χ4v) is 4.62. The van der Waals surface area contributed by atoms with E-state index < -0.39 is 0 Å². The van der Waals surface area contributed by atoms with E-state index in [1.165, 1.54) is 31.4 Å². The molecule has 144 valence electrons. The van der Waals surface area contributed by atoms with Gasteiger partial charge in [-0.25, -0.2) is 4.39 Å². The van der Waals surface area contributed by atoms with E-state index in [0.717, 1.165) is 37.9 Å². The van der Waals surface area contributed by atoms with Gasteiger partial charge in [-0.05, 0) is 69.1 Å². The molecule has 1 amide bonds. The molecule has 0 aromatic heterocycles. The van der Waals surface area contributed by atoms with Crippen LogP contribution in [0, 0.1) is 11.7 Å². The van der Waals surface area contributed by atoms with Gasteiger partial charge in [0.2, 0.25) is 5.91 Å². The second-order valence-corrected chi connectivity index (χ2v) is 8.63. The van der Waals surface area contributed by atoms with Crippen LogP contribution in [0.5, 0.6) is 0 Å². The molecule has 1 aromatic rings. The van der Waals surface area contributed by atoms with E-state index in [1.54, 1.807) is 0 Å². The van der Waals surface area contributed by atoms with Gasteiger partial charge in [0.05, 0.1) is 5.60 Å². The topological polar surface area (TPSA) is 38.3 Å². The molecule has 26 heavy (non-hydrogen) atoms. The summed E-state index contributed by atoms with van der Waals surface area (Å²) in [5, 5.41) is 3.25. The molecule has 2 aliphatic rings. The summed E-state index contributed by atoms with van der Waals surface area (Å²) < 4.78 is 19.3. The molecule has 1 aliphatic heterocycles. The number of benzene rings is 1. The third-order valence-corrected chi connectivity index (χ3v) is 5.98. The highest BCUT2D eigenvalue weighted by atomic mass is 19.1. The summed E-state index contributed by atoms with van der Waals surface area (Å²) in [6.07, 6.45) is 8.23. The number of nitrogens with one attached hydrogen (secondary N) is 1. The van der Waals surface area contributed by atoms with Gasteiger partial charge in [-0.3, -0.25) is 4.79 Å². The number of rotatable bonds is 5. The first-order chi connectivity index (χ1) is 12.4. The van der Waals surface area contributed by atoms with Gasteiger partial charge in [0.15, 0.2) is 0 Å². The summed E-state index contributed by atoms with van der Waals surface area (Å²) in [6.45, 7) is 4.95. The Morgan fingerprint density at radius 2 is 1.88 bits per heavy atom. The fourth-order valence-electron chi connectivity index (χ4n) is 4.62. The van der Waals surface area contributed by atoms with Gasteiger partial charge in [0, 0.05) is 19.1 Å². The number of carbonyl (C=O) groups is 1. The van der Waals surface area contributed by atoms with E-state index in [-0.39, 0.29) is 23.2 Å². The molecular weight excluding hydrogens is 329 g/mol. The third-order valence-electron chi connectivity index (χ3n) is 5.98. The largest absolute Gasteiger partial charge is 0.376 e. The first kappa shape index (κ1) is 19.3. The van der Waals surface area contributed by atoms with Crippen LogP contribution in [0.3, 0.4) is 0 Å². The summed E-state index contributed by atoms with van der Waals surface area (Å²) >= 11 is 0. The molecule has 0 radical (unpaired) electrons. The first-order valence-corrected chi connectivity index (χ1v) is 10.1. The van der Waals surface area contributed by atoms with Crippen LogP contribution in [0.2, 0.25) is 0 Å². The second kappa shape index (κ2) is 8.51. The van der Waals surface area contributed by atoms with Crippen LogP contribution in [0.15, 0.2) is 24.3 Å². The Balaban J connectivity index is 1.71. The standard InChI is InChI=1S/C22H32FNO2/c1-22(2)15-17(12-13-26-22)20(16-8-10-18(23)11-9-16)14-21(25)24-19-6-4-3-5-7-19/h8-11,17,19-20H,3-7,12-15H2,1-2H3,(H,24,25). The van der Waals surface area contributed by atoms with Gasteiger partial charge < -0.3 is 10.1 Å². The zero-order valence-corrected chi connectivity index (χ0v) is 16.1. The normalized spacial score (nSPS) is 24.8. The number of amides is 1. The van der Waals surface area contributed by atoms with Crippen LogP contribution < -0.4 is 5.32 Å². The van der Waals surface area contributed by atoms with Crippen LogP contribution in [0.25, 0.3) is 0 Å². The van der Waals surface area contributed by atoms with Gasteiger partial charge in [0.1, 0.15) is 5.82 Å². The fraction of sp³-hybridized carbons (Fsp3) is 0.682. The van der Waals surface area contributed by atoms with Crippen molar-refractivity contribution in [2.45, 2.75) is 82.8 Å². The number of hydrogen-bond donors (Lipinski definition) is 1. The lowest BCUT2D eigenvalue weighted by molar-refractivity contribution is -0.123. The first-order valence-electron chi connectivity index (χ1n) is 10.1. The van der Waals surface area contributed by atoms with Crippen LogP contribution in [-0.4, -0.2) is 24.2 Å². The van der Waals surface area contributed by atoms with E-state index >= 15 is 0 Å². The van der Waals surface area contributed by atoms with Crippen molar-refractivity contribution in [3.05, 3.63) is 35.6 Å². The summed E-state index contributed by atoms with van der Waals surface area (Å²) in [4.78, 5) is 12.7. The van der Waals surface area contributed by atoms with Crippen molar-refractivity contribution >= 4 is 5.91 Å². The van der Waals surface area contributed by atoms with E-state index in [9.17, 15) is 9.18 Å². The minimum atomic E-state index is -0.230. The third kappa shape index (κ3) is 5.29. The van der Waals surface area contributed by atoms with Crippen molar-refractivity contribution < 1.29 is 13.9 Å². The van der Waals surface area contributed by atoms with Crippen molar-refractivity contribution in [3.63, 3.8) is 0 Å². The average molecular weight is 362 g/mol. The Kier molecular flexibility index (Phi) is 6.33. The van der Waals surface area contributed by atoms with E-state index in [0.29, 0.717) is 18.4 Å². The van der Waals surface area contributed by atoms with Crippen LogP contribution in [0.4, 0.5) is 4.39 Å². The maximum atomic E-state index is 13.4. The molecule has 3 nitrogen and oxygen atoms in total. The van der Waals surface area contributed by atoms with Crippen LogP contribution in [0.1, 0.15) is 76.7 Å². The van der Waals surface area contributed by atoms with Crippen LogP contribution >= 0.6 is 0 Å². The highest BCUT2D eigenvalue weighted by molar-refractivity contribution is 5.77. The number of hydrogen-bond acceptors (Lipinski definition) is 2. The summed E-state index contributed by atoms with van der Waals surface area (Å²) in [5.41, 5.74) is 0.897. The van der Waals surface area contributed by atoms with Gasteiger partial charge in [0.25, 0.3) is 0 Å². The maximum Gasteiger partial charge on any atom is 0.220 e. The molecule has 4 heteroatoms. The van der Waals surface area contributed by atoms with Crippen molar-refractivity contribution in [1.29, 1.82) is 0 Å². The Labute approximate surface area is 156 Å². The van der Waals surface area contributed by atoms with Crippen molar-refractivity contribution in [2.75, 3.05) is 6.61 Å². The van der Waals surface area contributed by atoms with Crippen LogP contribution in [-0.2, 0) is 9.53 Å². The molecular formula is C22H32FNO2. The lowest BCUT2D eigenvalue weighted by Crippen LogP contribution is -2.40. The molecule has 1 saturated heterocycles. The SMILES string of the molecule is CC1(C)CC(C(CC(=O)NC2CCCCC2)c2ccc(F)cc2)CCO1. The Morgan fingerprint density at radius 3 is 2.54 bits per heavy atom. The zero-order valence-electron chi connectivity index (χ0n) is 16.1. The molecule has 1 heterocycles. The van der Waals surface area contributed by atoms with Gasteiger partial charge >= 0.3 is 0 Å². The Bertz CT molecular complexity index is 593. The molecule has 3 rings (SSSR count). The van der Waals surface area contributed by atoms with Gasteiger partial charge in [-0.15, -0.1) is 0 Å². The van der Waals surface area contributed by atoms with Crippen molar-refractivity contribution in [3.8, 4) is 0 Å². The maximum absolute atomic E-state index is 13.4. The minimum absolute atomic E-state index is 0.113. The predicted molar refractivity (Wildman–Crippen MR) is 102 cm³/mol. The molecule has 1 aromatic carbocycles. The molecule has 2 fully saturated rings. The summed E-state index contributed by atoms with van der Waals surface area (Å²) in [5.74, 6) is 0.394. The summed E-state index contributed by atoms with van der Waals surface area (Å²) in [7, 11) is 0. The quantitative estimate of drug-likeness (QED) is 0.805. The number of carbonyl (C=O) groups excluding carboxylic acids is 1. The highest BCUT2D eigenvalue weighted by Gasteiger charge is 2.35. The molecule has 1 aliphatic carbocycles. The lowest BCUT2D eigenvalue weighted by atomic mass is 9.75. The average Bonchev–Trinajstić information content (AvgIpc) is 2.60.